The van der Waals surface area contributed by atoms with Crippen LogP contribution in [0.4, 0.5) is 10.1 Å². The second kappa shape index (κ2) is 6.07. The lowest BCUT2D eigenvalue weighted by Gasteiger charge is -2.15. The summed E-state index contributed by atoms with van der Waals surface area (Å²) in [6.45, 7) is 1.61. The van der Waals surface area contributed by atoms with Crippen molar-refractivity contribution in [2.24, 2.45) is 5.73 Å². The van der Waals surface area contributed by atoms with Crippen LogP contribution in [0.2, 0.25) is 5.02 Å². The van der Waals surface area contributed by atoms with Gasteiger partial charge in [-0.15, -0.1) is 0 Å². The van der Waals surface area contributed by atoms with Crippen LogP contribution in [0.1, 0.15) is 18.5 Å². The molecule has 0 spiro atoms. The van der Waals surface area contributed by atoms with Crippen molar-refractivity contribution >= 4 is 17.3 Å². The van der Waals surface area contributed by atoms with Gasteiger partial charge in [0.1, 0.15) is 11.6 Å². The zero-order valence-electron chi connectivity index (χ0n) is 11.0. The van der Waals surface area contributed by atoms with Crippen molar-refractivity contribution < 1.29 is 14.1 Å². The molecule has 2 aromatic carbocycles. The first-order valence-electron chi connectivity index (χ1n) is 6.06. The van der Waals surface area contributed by atoms with Gasteiger partial charge in [-0.2, -0.15) is 0 Å². The fourth-order valence-corrected chi connectivity index (χ4v) is 2.01. The summed E-state index contributed by atoms with van der Waals surface area (Å²) >= 11 is 5.95. The van der Waals surface area contributed by atoms with E-state index < -0.39 is 16.8 Å². The summed E-state index contributed by atoms with van der Waals surface area (Å²) < 4.78 is 19.3. The topological polar surface area (TPSA) is 78.4 Å². The molecule has 7 heteroatoms. The summed E-state index contributed by atoms with van der Waals surface area (Å²) in [6, 6.07) is 7.43. The molecule has 2 rings (SSSR count). The minimum absolute atomic E-state index is 0.0679. The van der Waals surface area contributed by atoms with Crippen molar-refractivity contribution in [2.45, 2.75) is 13.0 Å². The van der Waals surface area contributed by atoms with Gasteiger partial charge in [-0.1, -0.05) is 17.7 Å². The van der Waals surface area contributed by atoms with Gasteiger partial charge in [-0.25, -0.2) is 4.39 Å². The van der Waals surface area contributed by atoms with Crippen molar-refractivity contribution in [3.8, 4) is 11.5 Å². The minimum Gasteiger partial charge on any atom is -0.455 e. The highest BCUT2D eigenvalue weighted by Crippen LogP contribution is 2.36. The van der Waals surface area contributed by atoms with Crippen LogP contribution in [-0.4, -0.2) is 4.92 Å². The van der Waals surface area contributed by atoms with E-state index in [2.05, 4.69) is 0 Å². The van der Waals surface area contributed by atoms with E-state index in [4.69, 9.17) is 22.1 Å². The molecule has 0 heterocycles. The van der Waals surface area contributed by atoms with E-state index in [9.17, 15) is 14.5 Å². The van der Waals surface area contributed by atoms with Crippen molar-refractivity contribution in [2.75, 3.05) is 0 Å². The van der Waals surface area contributed by atoms with Gasteiger partial charge in [0.05, 0.1) is 16.0 Å². The summed E-state index contributed by atoms with van der Waals surface area (Å²) in [4.78, 5) is 10.2. The first kappa shape index (κ1) is 15.2. The minimum atomic E-state index is -0.598. The summed E-state index contributed by atoms with van der Waals surface area (Å²) in [5.74, 6) is -0.269. The molecule has 0 saturated heterocycles. The van der Waals surface area contributed by atoms with Crippen molar-refractivity contribution in [1.29, 1.82) is 0 Å². The average Bonchev–Trinajstić information content (AvgIpc) is 2.40. The number of nitrogens with two attached hydrogens (primary N) is 1. The lowest BCUT2D eigenvalue weighted by atomic mass is 10.1. The summed E-state index contributed by atoms with van der Waals surface area (Å²) in [7, 11) is 0. The van der Waals surface area contributed by atoms with Gasteiger partial charge in [-0.3, -0.25) is 10.1 Å². The van der Waals surface area contributed by atoms with Crippen LogP contribution in [0.25, 0.3) is 0 Å². The Labute approximate surface area is 125 Å². The molecule has 0 aliphatic rings. The third-order valence-corrected chi connectivity index (χ3v) is 3.13. The molecule has 2 aromatic rings. The number of benzene rings is 2. The predicted octanol–water partition coefficient (Wildman–Crippen LogP) is 4.20. The molecule has 0 aliphatic heterocycles. The number of ether oxygens (including phenoxy) is 1. The third-order valence-electron chi connectivity index (χ3n) is 2.81. The Morgan fingerprint density at radius 2 is 2.05 bits per heavy atom. The standard InChI is InChI=1S/C14H12ClFN2O3/c1-8(17)14-11(16)3-2-4-12(14)21-13-7-9(18(19)20)5-6-10(13)15/h2-8H,17H2,1H3/t8-/m0/s1. The predicted molar refractivity (Wildman–Crippen MR) is 77.2 cm³/mol. The van der Waals surface area contributed by atoms with Crippen LogP contribution in [0.5, 0.6) is 11.5 Å². The summed E-state index contributed by atoms with van der Waals surface area (Å²) in [5, 5.41) is 11.0. The van der Waals surface area contributed by atoms with Gasteiger partial charge in [0.25, 0.3) is 5.69 Å². The average molecular weight is 311 g/mol. The lowest BCUT2D eigenvalue weighted by Crippen LogP contribution is -2.09. The molecule has 1 atom stereocenters. The molecule has 2 N–H and O–H groups in total. The Morgan fingerprint density at radius 1 is 1.33 bits per heavy atom. The molecule has 0 aromatic heterocycles. The Bertz CT molecular complexity index is 692. The van der Waals surface area contributed by atoms with E-state index in [0.717, 1.165) is 0 Å². The molecule has 0 amide bonds. The van der Waals surface area contributed by atoms with Gasteiger partial charge in [0.15, 0.2) is 5.75 Å². The molecule has 0 unspecified atom stereocenters. The fourth-order valence-electron chi connectivity index (χ4n) is 1.85. The molecule has 5 nitrogen and oxygen atoms in total. The number of non-ortho nitro benzene ring substituents is 1. The first-order valence-corrected chi connectivity index (χ1v) is 6.43. The van der Waals surface area contributed by atoms with E-state index in [0.29, 0.717) is 0 Å². The van der Waals surface area contributed by atoms with Crippen LogP contribution < -0.4 is 10.5 Å². The van der Waals surface area contributed by atoms with E-state index in [1.54, 1.807) is 6.92 Å². The van der Waals surface area contributed by atoms with Crippen molar-refractivity contribution in [3.05, 3.63) is 62.9 Å². The molecule has 0 fully saturated rings. The van der Waals surface area contributed by atoms with Gasteiger partial charge in [0.2, 0.25) is 0 Å². The van der Waals surface area contributed by atoms with E-state index in [-0.39, 0.29) is 27.8 Å². The van der Waals surface area contributed by atoms with Gasteiger partial charge in [-0.05, 0) is 25.1 Å². The number of hydrogen-bond acceptors (Lipinski definition) is 4. The smallest absolute Gasteiger partial charge is 0.273 e. The summed E-state index contributed by atoms with van der Waals surface area (Å²) in [5.41, 5.74) is 5.73. The second-order valence-corrected chi connectivity index (χ2v) is 4.82. The number of rotatable bonds is 4. The van der Waals surface area contributed by atoms with Crippen LogP contribution in [0, 0.1) is 15.9 Å². The number of nitro benzene ring substituents is 1. The maximum absolute atomic E-state index is 13.8. The highest BCUT2D eigenvalue weighted by atomic mass is 35.5. The van der Waals surface area contributed by atoms with E-state index in [1.807, 2.05) is 0 Å². The largest absolute Gasteiger partial charge is 0.455 e. The van der Waals surface area contributed by atoms with Crippen molar-refractivity contribution in [3.63, 3.8) is 0 Å². The molecular formula is C14H12ClFN2O3. The van der Waals surface area contributed by atoms with Crippen molar-refractivity contribution in [1.82, 2.24) is 0 Å². The molecule has 21 heavy (non-hydrogen) atoms. The number of halogens is 2. The highest BCUT2D eigenvalue weighted by molar-refractivity contribution is 6.32. The molecule has 0 bridgehead atoms. The van der Waals surface area contributed by atoms with Crippen LogP contribution in [-0.2, 0) is 0 Å². The monoisotopic (exact) mass is 310 g/mol. The number of nitrogens with zero attached hydrogens (tertiary/aromatic N) is 1. The maximum atomic E-state index is 13.8. The Hall–Kier alpha value is -2.18. The van der Waals surface area contributed by atoms with Gasteiger partial charge >= 0.3 is 0 Å². The highest BCUT2D eigenvalue weighted by Gasteiger charge is 2.17. The van der Waals surface area contributed by atoms with Crippen LogP contribution in [0.3, 0.4) is 0 Å². The molecule has 0 aliphatic carbocycles. The van der Waals surface area contributed by atoms with E-state index in [1.165, 1.54) is 36.4 Å². The third kappa shape index (κ3) is 3.29. The molecule has 0 saturated carbocycles. The fraction of sp³-hybridized carbons (Fsp3) is 0.143. The maximum Gasteiger partial charge on any atom is 0.273 e. The summed E-state index contributed by atoms with van der Waals surface area (Å²) in [6.07, 6.45) is 0. The normalized spacial score (nSPS) is 12.0. The zero-order valence-corrected chi connectivity index (χ0v) is 11.8. The SMILES string of the molecule is C[C@H](N)c1c(F)cccc1Oc1cc([N+](=O)[O-])ccc1Cl. The molecular weight excluding hydrogens is 299 g/mol. The second-order valence-electron chi connectivity index (χ2n) is 4.41. The van der Waals surface area contributed by atoms with Gasteiger partial charge < -0.3 is 10.5 Å². The Balaban J connectivity index is 2.45. The number of nitro groups is 1. The van der Waals surface area contributed by atoms with Crippen LogP contribution >= 0.6 is 11.6 Å². The molecule has 0 radical (unpaired) electrons. The number of hydrogen-bond donors (Lipinski definition) is 1. The quantitative estimate of drug-likeness (QED) is 0.678. The van der Waals surface area contributed by atoms with Crippen LogP contribution in [0.15, 0.2) is 36.4 Å². The first-order chi connectivity index (χ1) is 9.90. The van der Waals surface area contributed by atoms with Gasteiger partial charge in [0, 0.05) is 17.7 Å². The lowest BCUT2D eigenvalue weighted by molar-refractivity contribution is -0.384. The Kier molecular flexibility index (Phi) is 4.40. The zero-order chi connectivity index (χ0) is 15.6. The van der Waals surface area contributed by atoms with E-state index >= 15 is 0 Å². The Morgan fingerprint density at radius 3 is 2.67 bits per heavy atom. The molecule has 110 valence electrons.